The van der Waals surface area contributed by atoms with Crippen molar-refractivity contribution in [3.05, 3.63) is 97.2 Å². The Labute approximate surface area is 400 Å². The highest BCUT2D eigenvalue weighted by molar-refractivity contribution is 5.71. The van der Waals surface area contributed by atoms with Gasteiger partial charge in [0.2, 0.25) is 0 Å². The Morgan fingerprint density at radius 1 is 0.308 bits per heavy atom. The zero-order chi connectivity index (χ0) is 47.2. The van der Waals surface area contributed by atoms with Crippen molar-refractivity contribution < 1.29 is 28.6 Å². The molecular weight excluding hydrogens is 805 g/mol. The van der Waals surface area contributed by atoms with Crippen molar-refractivity contribution in [2.24, 2.45) is 0 Å². The molecule has 0 saturated heterocycles. The maximum Gasteiger partial charge on any atom is 0.306 e. The Morgan fingerprint density at radius 2 is 0.585 bits per heavy atom. The lowest BCUT2D eigenvalue weighted by molar-refractivity contribution is -0.166. The average molecular weight is 903 g/mol. The maximum atomic E-state index is 12.8. The van der Waals surface area contributed by atoms with Crippen LogP contribution in [-0.4, -0.2) is 37.2 Å². The molecule has 0 rings (SSSR count). The van der Waals surface area contributed by atoms with Gasteiger partial charge in [-0.3, -0.25) is 14.4 Å². The SMILES string of the molecule is CCCCC/C=C\C/C=C\C/C=C\C/C=C\C/C=C\CCC(=O)O[C@H](COC(=O)CCCCCC/C=C\C/C=C\C/C=C\CCCCC)COC(=O)CCCCCCCCCCCCC. The second kappa shape index (κ2) is 52.9. The van der Waals surface area contributed by atoms with Gasteiger partial charge < -0.3 is 14.2 Å². The van der Waals surface area contributed by atoms with Crippen LogP contribution in [0.4, 0.5) is 0 Å². The van der Waals surface area contributed by atoms with Crippen LogP contribution >= 0.6 is 0 Å². The quantitative estimate of drug-likeness (QED) is 0.0262. The van der Waals surface area contributed by atoms with Crippen molar-refractivity contribution in [3.63, 3.8) is 0 Å². The van der Waals surface area contributed by atoms with E-state index < -0.39 is 12.1 Å². The zero-order valence-corrected chi connectivity index (χ0v) is 42.2. The Kier molecular flexibility index (Phi) is 50.0. The van der Waals surface area contributed by atoms with Gasteiger partial charge in [0.15, 0.2) is 6.10 Å². The second-order valence-corrected chi connectivity index (χ2v) is 17.4. The lowest BCUT2D eigenvalue weighted by Gasteiger charge is -2.18. The number of carbonyl (C=O) groups is 3. The molecule has 1 atom stereocenters. The molecule has 0 radical (unpaired) electrons. The molecular formula is C59H98O6. The van der Waals surface area contributed by atoms with Crippen molar-refractivity contribution in [3.8, 4) is 0 Å². The summed E-state index contributed by atoms with van der Waals surface area (Å²) in [5.74, 6) is -1.02. The van der Waals surface area contributed by atoms with Crippen LogP contribution in [0, 0.1) is 0 Å². The highest BCUT2D eigenvalue weighted by Gasteiger charge is 2.19. The van der Waals surface area contributed by atoms with Crippen LogP contribution in [0.25, 0.3) is 0 Å². The molecule has 0 fully saturated rings. The summed E-state index contributed by atoms with van der Waals surface area (Å²) in [6, 6.07) is 0. The Balaban J connectivity index is 4.53. The molecule has 0 amide bonds. The minimum absolute atomic E-state index is 0.114. The number of hydrogen-bond donors (Lipinski definition) is 0. The molecule has 370 valence electrons. The van der Waals surface area contributed by atoms with Gasteiger partial charge >= 0.3 is 17.9 Å². The van der Waals surface area contributed by atoms with Crippen LogP contribution in [0.5, 0.6) is 0 Å². The molecule has 0 aromatic heterocycles. The zero-order valence-electron chi connectivity index (χ0n) is 42.2. The number of unbranched alkanes of at least 4 members (excludes halogenated alkanes) is 20. The summed E-state index contributed by atoms with van der Waals surface area (Å²) in [7, 11) is 0. The number of allylic oxidation sites excluding steroid dienone is 16. The van der Waals surface area contributed by atoms with Gasteiger partial charge in [0.1, 0.15) is 13.2 Å². The Hall–Kier alpha value is -3.67. The van der Waals surface area contributed by atoms with E-state index in [-0.39, 0.29) is 31.6 Å². The molecule has 0 bridgehead atoms. The van der Waals surface area contributed by atoms with Crippen molar-refractivity contribution in [1.29, 1.82) is 0 Å². The molecule has 0 aliphatic carbocycles. The van der Waals surface area contributed by atoms with Crippen LogP contribution in [0.1, 0.15) is 239 Å². The van der Waals surface area contributed by atoms with E-state index in [9.17, 15) is 14.4 Å². The van der Waals surface area contributed by atoms with Crippen molar-refractivity contribution in [1.82, 2.24) is 0 Å². The fraction of sp³-hybridized carbons (Fsp3) is 0.678. The number of esters is 3. The van der Waals surface area contributed by atoms with Gasteiger partial charge in [0.25, 0.3) is 0 Å². The highest BCUT2D eigenvalue weighted by atomic mass is 16.6. The predicted octanol–water partition coefficient (Wildman–Crippen LogP) is 17.8. The molecule has 6 nitrogen and oxygen atoms in total. The molecule has 0 saturated carbocycles. The minimum Gasteiger partial charge on any atom is -0.462 e. The number of carbonyl (C=O) groups excluding carboxylic acids is 3. The molecule has 0 aromatic rings. The van der Waals surface area contributed by atoms with E-state index in [0.717, 1.165) is 89.9 Å². The molecule has 0 aromatic carbocycles. The van der Waals surface area contributed by atoms with Gasteiger partial charge in [-0.05, 0) is 96.3 Å². The fourth-order valence-electron chi connectivity index (χ4n) is 7.02. The average Bonchev–Trinajstić information content (AvgIpc) is 3.30. The van der Waals surface area contributed by atoms with E-state index in [2.05, 4.69) is 106 Å². The van der Waals surface area contributed by atoms with E-state index in [1.54, 1.807) is 0 Å². The smallest absolute Gasteiger partial charge is 0.306 e. The monoisotopic (exact) mass is 903 g/mol. The maximum absolute atomic E-state index is 12.8. The van der Waals surface area contributed by atoms with E-state index in [4.69, 9.17) is 14.2 Å². The summed E-state index contributed by atoms with van der Waals surface area (Å²) >= 11 is 0. The Bertz CT molecular complexity index is 1310. The first-order chi connectivity index (χ1) is 32.0. The first-order valence-corrected chi connectivity index (χ1v) is 26.7. The van der Waals surface area contributed by atoms with Crippen LogP contribution in [0.15, 0.2) is 97.2 Å². The first kappa shape index (κ1) is 61.3. The van der Waals surface area contributed by atoms with E-state index in [1.165, 1.54) is 103 Å². The largest absolute Gasteiger partial charge is 0.462 e. The molecule has 6 heteroatoms. The van der Waals surface area contributed by atoms with Gasteiger partial charge in [-0.2, -0.15) is 0 Å². The lowest BCUT2D eigenvalue weighted by Crippen LogP contribution is -2.30. The third-order valence-electron chi connectivity index (χ3n) is 11.1. The Morgan fingerprint density at radius 3 is 0.954 bits per heavy atom. The van der Waals surface area contributed by atoms with Crippen LogP contribution in [0.2, 0.25) is 0 Å². The van der Waals surface area contributed by atoms with Crippen LogP contribution in [-0.2, 0) is 28.6 Å². The van der Waals surface area contributed by atoms with Crippen molar-refractivity contribution in [2.45, 2.75) is 245 Å². The number of hydrogen-bond acceptors (Lipinski definition) is 6. The first-order valence-electron chi connectivity index (χ1n) is 26.7. The third-order valence-corrected chi connectivity index (χ3v) is 11.1. The van der Waals surface area contributed by atoms with Crippen molar-refractivity contribution >= 4 is 17.9 Å². The molecule has 0 heterocycles. The number of rotatable bonds is 47. The molecule has 0 N–H and O–H groups in total. The van der Waals surface area contributed by atoms with Crippen LogP contribution < -0.4 is 0 Å². The van der Waals surface area contributed by atoms with Crippen molar-refractivity contribution in [2.75, 3.05) is 13.2 Å². The third kappa shape index (κ3) is 51.2. The summed E-state index contributed by atoms with van der Waals surface area (Å²) in [6.45, 7) is 6.49. The highest BCUT2D eigenvalue weighted by Crippen LogP contribution is 2.13. The second-order valence-electron chi connectivity index (χ2n) is 17.4. The summed E-state index contributed by atoms with van der Waals surface area (Å²) in [6.07, 6.45) is 69.7. The van der Waals surface area contributed by atoms with E-state index >= 15 is 0 Å². The van der Waals surface area contributed by atoms with Gasteiger partial charge in [0.05, 0.1) is 0 Å². The van der Waals surface area contributed by atoms with Gasteiger partial charge in [-0.25, -0.2) is 0 Å². The number of ether oxygens (including phenoxy) is 3. The molecule has 65 heavy (non-hydrogen) atoms. The summed E-state index contributed by atoms with van der Waals surface area (Å²) in [5.41, 5.74) is 0. The van der Waals surface area contributed by atoms with E-state index in [0.29, 0.717) is 19.3 Å². The van der Waals surface area contributed by atoms with Gasteiger partial charge in [-0.1, -0.05) is 221 Å². The summed E-state index contributed by atoms with van der Waals surface area (Å²) in [5, 5.41) is 0. The van der Waals surface area contributed by atoms with Crippen LogP contribution in [0.3, 0.4) is 0 Å². The summed E-state index contributed by atoms with van der Waals surface area (Å²) in [4.78, 5) is 38.0. The fourth-order valence-corrected chi connectivity index (χ4v) is 7.02. The molecule has 0 unspecified atom stereocenters. The van der Waals surface area contributed by atoms with Gasteiger partial charge in [0, 0.05) is 19.3 Å². The normalized spacial score (nSPS) is 12.8. The lowest BCUT2D eigenvalue weighted by atomic mass is 10.1. The molecule has 0 aliphatic rings. The standard InChI is InChI=1S/C59H98O6/c1-4-7-10-13-16-19-22-24-26-28-29-31-33-35-38-41-44-47-50-53-59(62)65-56(54-63-57(60)51-48-45-42-39-36-21-18-15-12-9-6-3)55-64-58(61)52-49-46-43-40-37-34-32-30-27-25-23-20-17-14-11-8-5-2/h16-17,19-20,24-27,29,31-32,34-35,38,44,47,56H,4-15,18,21-23,28,30,33,36-37,39-43,45-46,48-55H2,1-3H3/b19-16-,20-17-,26-24-,27-25-,31-29-,34-32-,38-35-,47-44-/t56-/m0/s1. The predicted molar refractivity (Wildman–Crippen MR) is 279 cm³/mol. The van der Waals surface area contributed by atoms with E-state index in [1.807, 2.05) is 12.2 Å². The minimum atomic E-state index is -0.825. The topological polar surface area (TPSA) is 78.9 Å². The molecule has 0 spiro atoms. The molecule has 0 aliphatic heterocycles. The summed E-state index contributed by atoms with van der Waals surface area (Å²) < 4.78 is 16.7. The van der Waals surface area contributed by atoms with Gasteiger partial charge in [-0.15, -0.1) is 0 Å².